The Kier molecular flexibility index (Phi) is 5.03. The van der Waals surface area contributed by atoms with E-state index in [0.29, 0.717) is 12.8 Å². The van der Waals surface area contributed by atoms with Gasteiger partial charge in [-0.05, 0) is 62.1 Å². The van der Waals surface area contributed by atoms with Crippen LogP contribution in [-0.2, 0) is 22.4 Å². The van der Waals surface area contributed by atoms with Crippen molar-refractivity contribution in [2.75, 3.05) is 0 Å². The summed E-state index contributed by atoms with van der Waals surface area (Å²) >= 11 is 0. The van der Waals surface area contributed by atoms with E-state index < -0.39 is 17.8 Å². The summed E-state index contributed by atoms with van der Waals surface area (Å²) in [7, 11) is 0. The fourth-order valence-corrected chi connectivity index (χ4v) is 3.80. The number of aliphatic carboxylic acids is 1. The first-order chi connectivity index (χ1) is 11.6. The maximum absolute atomic E-state index is 12.6. The lowest BCUT2D eigenvalue weighted by molar-refractivity contribution is -0.147. The highest BCUT2D eigenvalue weighted by atomic mass is 16.4. The van der Waals surface area contributed by atoms with Crippen LogP contribution in [0.3, 0.4) is 0 Å². The van der Waals surface area contributed by atoms with Crippen LogP contribution >= 0.6 is 0 Å². The lowest BCUT2D eigenvalue weighted by Crippen LogP contribution is -2.39. The van der Waals surface area contributed by atoms with Crippen LogP contribution in [0.25, 0.3) is 0 Å². The zero-order valence-corrected chi connectivity index (χ0v) is 14.1. The molecule has 128 valence electrons. The summed E-state index contributed by atoms with van der Waals surface area (Å²) in [5.74, 6) is -2.14. The van der Waals surface area contributed by atoms with Crippen LogP contribution in [0.15, 0.2) is 30.4 Å². The molecule has 3 unspecified atom stereocenters. The van der Waals surface area contributed by atoms with Gasteiger partial charge in [0.1, 0.15) is 0 Å². The monoisotopic (exact) mass is 327 g/mol. The molecule has 1 amide bonds. The Hall–Kier alpha value is -2.10. The average molecular weight is 327 g/mol. The maximum atomic E-state index is 12.6. The van der Waals surface area contributed by atoms with Crippen LogP contribution in [0, 0.1) is 11.8 Å². The van der Waals surface area contributed by atoms with Gasteiger partial charge in [-0.25, -0.2) is 0 Å². The Morgan fingerprint density at radius 2 is 1.75 bits per heavy atom. The lowest BCUT2D eigenvalue weighted by atomic mass is 9.82. The number of hydrogen-bond acceptors (Lipinski definition) is 2. The van der Waals surface area contributed by atoms with Crippen LogP contribution < -0.4 is 5.32 Å². The van der Waals surface area contributed by atoms with Gasteiger partial charge in [0.15, 0.2) is 0 Å². The Balaban J connectivity index is 1.69. The largest absolute Gasteiger partial charge is 0.481 e. The zero-order chi connectivity index (χ0) is 17.1. The number of carboxylic acids is 1. The lowest BCUT2D eigenvalue weighted by Gasteiger charge is -2.26. The molecule has 3 atom stereocenters. The first kappa shape index (κ1) is 16.7. The number of allylic oxidation sites excluding steroid dienone is 2. The van der Waals surface area contributed by atoms with E-state index in [0.717, 1.165) is 18.4 Å². The van der Waals surface area contributed by atoms with E-state index in [1.165, 1.54) is 24.0 Å². The molecule has 24 heavy (non-hydrogen) atoms. The average Bonchev–Trinajstić information content (AvgIpc) is 2.61. The minimum Gasteiger partial charge on any atom is -0.481 e. The van der Waals surface area contributed by atoms with Crippen molar-refractivity contribution in [1.82, 2.24) is 5.32 Å². The Bertz CT molecular complexity index is 665. The molecule has 0 spiro atoms. The van der Waals surface area contributed by atoms with E-state index in [4.69, 9.17) is 0 Å². The number of aryl methyl sites for hydroxylation is 2. The Morgan fingerprint density at radius 3 is 2.46 bits per heavy atom. The molecule has 0 saturated carbocycles. The number of amides is 1. The molecular formula is C20H25NO3. The molecular weight excluding hydrogens is 302 g/mol. The maximum Gasteiger partial charge on any atom is 0.307 e. The molecule has 4 heteroatoms. The normalized spacial score (nSPS) is 24.0. The number of fused-ring (bicyclic) bond motifs is 1. The third-order valence-corrected chi connectivity index (χ3v) is 5.32. The topological polar surface area (TPSA) is 66.4 Å². The van der Waals surface area contributed by atoms with Crippen molar-refractivity contribution in [3.63, 3.8) is 0 Å². The molecule has 0 bridgehead atoms. The van der Waals surface area contributed by atoms with Gasteiger partial charge in [-0.15, -0.1) is 0 Å². The molecule has 4 nitrogen and oxygen atoms in total. The van der Waals surface area contributed by atoms with E-state index >= 15 is 0 Å². The molecule has 0 aromatic heterocycles. The van der Waals surface area contributed by atoms with E-state index in [9.17, 15) is 14.7 Å². The van der Waals surface area contributed by atoms with Gasteiger partial charge in [0.25, 0.3) is 0 Å². The number of rotatable bonds is 4. The summed E-state index contributed by atoms with van der Waals surface area (Å²) in [4.78, 5) is 23.9. The van der Waals surface area contributed by atoms with Crippen molar-refractivity contribution >= 4 is 11.9 Å². The van der Waals surface area contributed by atoms with E-state index in [2.05, 4.69) is 23.5 Å². The van der Waals surface area contributed by atoms with Gasteiger partial charge in [-0.1, -0.05) is 30.4 Å². The smallest absolute Gasteiger partial charge is 0.307 e. The number of nitrogens with one attached hydrogen (secondary N) is 1. The number of carbonyl (C=O) groups excluding carboxylic acids is 1. The van der Waals surface area contributed by atoms with Crippen molar-refractivity contribution < 1.29 is 14.7 Å². The second kappa shape index (κ2) is 7.20. The molecule has 0 aliphatic heterocycles. The Labute approximate surface area is 143 Å². The first-order valence-electron chi connectivity index (χ1n) is 8.86. The van der Waals surface area contributed by atoms with Crippen LogP contribution in [0.2, 0.25) is 0 Å². The van der Waals surface area contributed by atoms with Gasteiger partial charge in [0.05, 0.1) is 17.9 Å². The summed E-state index contributed by atoms with van der Waals surface area (Å²) < 4.78 is 0. The third kappa shape index (κ3) is 3.53. The molecule has 2 aliphatic carbocycles. The highest BCUT2D eigenvalue weighted by molar-refractivity contribution is 5.85. The van der Waals surface area contributed by atoms with Gasteiger partial charge >= 0.3 is 5.97 Å². The van der Waals surface area contributed by atoms with Crippen molar-refractivity contribution in [2.45, 2.75) is 51.5 Å². The molecule has 0 radical (unpaired) electrons. The standard InChI is InChI=1S/C20H25NO3/c1-13(15-11-10-14-6-2-3-7-16(14)12-15)21-19(22)17-8-4-5-9-18(17)20(23)24/h4-5,10-13,17-18H,2-3,6-9H2,1H3,(H,21,22)(H,23,24). The van der Waals surface area contributed by atoms with Gasteiger partial charge in [-0.3, -0.25) is 9.59 Å². The predicted octanol–water partition coefficient (Wildman–Crippen LogP) is 3.41. The summed E-state index contributed by atoms with van der Waals surface area (Å²) in [6, 6.07) is 6.36. The van der Waals surface area contributed by atoms with Gasteiger partial charge in [-0.2, -0.15) is 0 Å². The predicted molar refractivity (Wildman–Crippen MR) is 92.6 cm³/mol. The van der Waals surface area contributed by atoms with Crippen LogP contribution in [0.5, 0.6) is 0 Å². The first-order valence-corrected chi connectivity index (χ1v) is 8.86. The van der Waals surface area contributed by atoms with Crippen LogP contribution in [0.4, 0.5) is 0 Å². The Morgan fingerprint density at radius 1 is 1.08 bits per heavy atom. The molecule has 0 fully saturated rings. The highest BCUT2D eigenvalue weighted by Crippen LogP contribution is 2.28. The third-order valence-electron chi connectivity index (χ3n) is 5.32. The second-order valence-electron chi connectivity index (χ2n) is 6.96. The zero-order valence-electron chi connectivity index (χ0n) is 14.1. The molecule has 1 aromatic carbocycles. The van der Waals surface area contributed by atoms with Gasteiger partial charge in [0, 0.05) is 0 Å². The quantitative estimate of drug-likeness (QED) is 0.833. The van der Waals surface area contributed by atoms with Gasteiger partial charge in [0.2, 0.25) is 5.91 Å². The van der Waals surface area contributed by atoms with Crippen LogP contribution in [-0.4, -0.2) is 17.0 Å². The molecule has 3 rings (SSSR count). The summed E-state index contributed by atoms with van der Waals surface area (Å²) in [5, 5.41) is 12.3. The van der Waals surface area contributed by atoms with E-state index in [-0.39, 0.29) is 11.9 Å². The minimum atomic E-state index is -0.888. The van der Waals surface area contributed by atoms with Crippen molar-refractivity contribution in [3.05, 3.63) is 47.0 Å². The minimum absolute atomic E-state index is 0.106. The number of carboxylic acid groups (broad SMARTS) is 1. The summed E-state index contributed by atoms with van der Waals surface area (Å²) in [6.07, 6.45) is 9.43. The molecule has 2 N–H and O–H groups in total. The highest BCUT2D eigenvalue weighted by Gasteiger charge is 2.34. The second-order valence-corrected chi connectivity index (χ2v) is 6.96. The summed E-state index contributed by atoms with van der Waals surface area (Å²) in [5.41, 5.74) is 3.91. The number of hydrogen-bond donors (Lipinski definition) is 2. The fourth-order valence-electron chi connectivity index (χ4n) is 3.80. The van der Waals surface area contributed by atoms with Crippen molar-refractivity contribution in [1.29, 1.82) is 0 Å². The van der Waals surface area contributed by atoms with Crippen molar-refractivity contribution in [3.8, 4) is 0 Å². The fraction of sp³-hybridized carbons (Fsp3) is 0.500. The number of benzene rings is 1. The molecule has 0 heterocycles. The molecule has 0 saturated heterocycles. The number of carbonyl (C=O) groups is 2. The molecule has 1 aromatic rings. The van der Waals surface area contributed by atoms with E-state index in [1.54, 1.807) is 0 Å². The molecule has 2 aliphatic rings. The van der Waals surface area contributed by atoms with Crippen LogP contribution in [0.1, 0.15) is 55.3 Å². The van der Waals surface area contributed by atoms with E-state index in [1.807, 2.05) is 19.1 Å². The van der Waals surface area contributed by atoms with Crippen molar-refractivity contribution in [2.24, 2.45) is 11.8 Å². The SMILES string of the molecule is CC(NC(=O)C1CC=CCC1C(=O)O)c1ccc2c(c1)CCCC2. The van der Waals surface area contributed by atoms with Gasteiger partial charge < -0.3 is 10.4 Å². The summed E-state index contributed by atoms with van der Waals surface area (Å²) in [6.45, 7) is 1.97.